The van der Waals surface area contributed by atoms with E-state index in [1.807, 2.05) is 6.92 Å². The maximum Gasteiger partial charge on any atom is 0.172 e. The average Bonchev–Trinajstić information content (AvgIpc) is 3.21. The van der Waals surface area contributed by atoms with Crippen molar-refractivity contribution in [3.05, 3.63) is 52.7 Å². The van der Waals surface area contributed by atoms with Crippen LogP contribution in [0.2, 0.25) is 0 Å². The third-order valence-corrected chi connectivity index (χ3v) is 6.03. The summed E-state index contributed by atoms with van der Waals surface area (Å²) in [5, 5.41) is 1.02. The Morgan fingerprint density at radius 2 is 2.08 bits per heavy atom. The minimum Gasteiger partial charge on any atom is -0.344 e. The van der Waals surface area contributed by atoms with Crippen molar-refractivity contribution in [3.63, 3.8) is 0 Å². The van der Waals surface area contributed by atoms with Crippen LogP contribution < -0.4 is 0 Å². The van der Waals surface area contributed by atoms with E-state index >= 15 is 0 Å². The molecule has 0 saturated carbocycles. The molecule has 136 valence electrons. The molecule has 4 rings (SSSR count). The van der Waals surface area contributed by atoms with Gasteiger partial charge in [0, 0.05) is 57.2 Å². The summed E-state index contributed by atoms with van der Waals surface area (Å²) in [4.78, 5) is 17.8. The highest BCUT2D eigenvalue weighted by molar-refractivity contribution is 6.13. The summed E-state index contributed by atoms with van der Waals surface area (Å²) in [6.07, 6.45) is 4.65. The van der Waals surface area contributed by atoms with Gasteiger partial charge < -0.3 is 9.13 Å². The summed E-state index contributed by atoms with van der Waals surface area (Å²) in [5.41, 5.74) is 4.76. The summed E-state index contributed by atoms with van der Waals surface area (Å²) in [7, 11) is 0. The third kappa shape index (κ3) is 2.35. The van der Waals surface area contributed by atoms with Gasteiger partial charge in [0.1, 0.15) is 5.82 Å². The van der Waals surface area contributed by atoms with Gasteiger partial charge in [-0.1, -0.05) is 6.92 Å². The number of hydrogen-bond acceptors (Lipinski definition) is 2. The zero-order valence-electron chi connectivity index (χ0n) is 18.9. The Bertz CT molecular complexity index is 1120. The number of ketones is 1. The van der Waals surface area contributed by atoms with E-state index in [2.05, 4.69) is 42.5 Å². The number of carbonyl (C=O) groups excluding carboxylic acids is 1. The molecular weight excluding hydrogens is 322 g/mol. The molecule has 1 aliphatic carbocycles. The lowest BCUT2D eigenvalue weighted by Gasteiger charge is -2.33. The highest BCUT2D eigenvalue weighted by Crippen LogP contribution is 2.42. The molecule has 1 aromatic carbocycles. The minimum absolute atomic E-state index is 0.0415. The molecule has 4 heteroatoms. The fourth-order valence-electron chi connectivity index (χ4n) is 4.33. The number of aromatic nitrogens is 3. The molecule has 0 aliphatic heterocycles. The Hall–Kier alpha value is -2.36. The molecule has 0 radical (unpaired) electrons. The van der Waals surface area contributed by atoms with Gasteiger partial charge in [-0.05, 0) is 63.7 Å². The lowest BCUT2D eigenvalue weighted by molar-refractivity contribution is 0.0752. The maximum absolute atomic E-state index is 13.8. The van der Waals surface area contributed by atoms with Crippen molar-refractivity contribution in [2.75, 3.05) is 0 Å². The van der Waals surface area contributed by atoms with E-state index in [0.717, 1.165) is 35.1 Å². The van der Waals surface area contributed by atoms with E-state index in [-0.39, 0.29) is 11.6 Å². The molecular formula is C22H27N3O. The Kier molecular flexibility index (Phi) is 3.09. The summed E-state index contributed by atoms with van der Waals surface area (Å²) >= 11 is 0. The van der Waals surface area contributed by atoms with Crippen LogP contribution in [0.4, 0.5) is 0 Å². The van der Waals surface area contributed by atoms with Gasteiger partial charge in [-0.15, -0.1) is 0 Å². The predicted molar refractivity (Wildman–Crippen MR) is 105 cm³/mol. The fourth-order valence-corrected chi connectivity index (χ4v) is 4.33. The van der Waals surface area contributed by atoms with E-state index in [4.69, 9.17) is 4.11 Å². The van der Waals surface area contributed by atoms with Crippen LogP contribution in [0.1, 0.15) is 57.4 Å². The second-order valence-corrected chi connectivity index (χ2v) is 7.79. The normalized spacial score (nSPS) is 22.2. The van der Waals surface area contributed by atoms with Crippen LogP contribution in [-0.4, -0.2) is 19.9 Å². The fraction of sp³-hybridized carbons (Fsp3) is 0.455. The molecule has 0 fully saturated rings. The Balaban J connectivity index is 1.83. The van der Waals surface area contributed by atoms with Crippen molar-refractivity contribution in [2.24, 2.45) is 5.41 Å². The van der Waals surface area contributed by atoms with Crippen molar-refractivity contribution >= 4 is 16.7 Å². The van der Waals surface area contributed by atoms with Crippen molar-refractivity contribution in [2.45, 2.75) is 60.5 Å². The molecule has 1 unspecified atom stereocenters. The standard InChI is InChI=1S/C22H27N3O/c1-6-25-18-7-8-22(5,13-24-10-9-23-16(24)4)21(26)20(18)17-11-14(2)15(3)12-19(17)25/h9-12H,6-8,13H2,1-5H3/i4D3. The van der Waals surface area contributed by atoms with Gasteiger partial charge >= 0.3 is 0 Å². The maximum atomic E-state index is 13.8. The Morgan fingerprint density at radius 1 is 1.31 bits per heavy atom. The van der Waals surface area contributed by atoms with E-state index in [0.29, 0.717) is 13.0 Å². The lowest BCUT2D eigenvalue weighted by atomic mass is 9.72. The van der Waals surface area contributed by atoms with Crippen LogP contribution in [0.15, 0.2) is 24.5 Å². The van der Waals surface area contributed by atoms with E-state index < -0.39 is 12.3 Å². The Labute approximate surface area is 159 Å². The number of fused-ring (bicyclic) bond motifs is 3. The van der Waals surface area contributed by atoms with Gasteiger partial charge in [0.05, 0.1) is 0 Å². The molecule has 0 spiro atoms. The van der Waals surface area contributed by atoms with Crippen molar-refractivity contribution in [1.29, 1.82) is 0 Å². The van der Waals surface area contributed by atoms with Crippen LogP contribution in [0.25, 0.3) is 10.9 Å². The molecule has 2 aromatic heterocycles. The number of aryl methyl sites for hydroxylation is 4. The first-order valence-electron chi connectivity index (χ1n) is 10.8. The highest BCUT2D eigenvalue weighted by atomic mass is 16.1. The summed E-state index contributed by atoms with van der Waals surface area (Å²) < 4.78 is 27.1. The number of Topliss-reactive ketones (excluding diaryl/α,β-unsaturated/α-hetero) is 1. The molecule has 3 aromatic rings. The topological polar surface area (TPSA) is 39.8 Å². The number of nitrogens with zero attached hydrogens (tertiary/aromatic N) is 3. The van der Waals surface area contributed by atoms with Gasteiger partial charge in [-0.2, -0.15) is 0 Å². The minimum atomic E-state index is -2.30. The second kappa shape index (κ2) is 5.83. The van der Waals surface area contributed by atoms with Crippen LogP contribution >= 0.6 is 0 Å². The molecule has 26 heavy (non-hydrogen) atoms. The number of benzene rings is 1. The van der Waals surface area contributed by atoms with E-state index in [1.165, 1.54) is 17.3 Å². The molecule has 1 aliphatic rings. The predicted octanol–water partition coefficient (Wildman–Crippen LogP) is 4.62. The van der Waals surface area contributed by atoms with Gasteiger partial charge in [0.2, 0.25) is 0 Å². The van der Waals surface area contributed by atoms with Crippen LogP contribution in [0.3, 0.4) is 0 Å². The van der Waals surface area contributed by atoms with Gasteiger partial charge in [-0.3, -0.25) is 4.79 Å². The number of carbonyl (C=O) groups is 1. The quantitative estimate of drug-likeness (QED) is 0.690. The summed E-state index contributed by atoms with van der Waals surface area (Å²) in [6.45, 7) is 7.09. The number of hydrogen-bond donors (Lipinski definition) is 0. The highest BCUT2D eigenvalue weighted by Gasteiger charge is 2.41. The van der Waals surface area contributed by atoms with Gasteiger partial charge in [0.25, 0.3) is 0 Å². The van der Waals surface area contributed by atoms with Crippen molar-refractivity contribution in [1.82, 2.24) is 14.1 Å². The average molecular weight is 352 g/mol. The zero-order chi connectivity index (χ0) is 21.1. The van der Waals surface area contributed by atoms with Gasteiger partial charge in [0.15, 0.2) is 5.78 Å². The van der Waals surface area contributed by atoms with E-state index in [9.17, 15) is 4.79 Å². The molecule has 1 atom stereocenters. The third-order valence-electron chi connectivity index (χ3n) is 6.03. The molecule has 0 bridgehead atoms. The molecule has 0 amide bonds. The number of rotatable bonds is 3. The molecule has 0 saturated heterocycles. The van der Waals surface area contributed by atoms with Crippen molar-refractivity contribution < 1.29 is 8.91 Å². The first-order valence-corrected chi connectivity index (χ1v) is 9.25. The molecule has 4 nitrogen and oxygen atoms in total. The van der Waals surface area contributed by atoms with Crippen molar-refractivity contribution in [3.8, 4) is 0 Å². The number of imidazole rings is 1. The monoisotopic (exact) mass is 352 g/mol. The Morgan fingerprint density at radius 3 is 2.81 bits per heavy atom. The smallest absolute Gasteiger partial charge is 0.172 e. The van der Waals surface area contributed by atoms with Gasteiger partial charge in [-0.25, -0.2) is 4.98 Å². The van der Waals surface area contributed by atoms with Crippen LogP contribution in [0.5, 0.6) is 0 Å². The molecule has 0 N–H and O–H groups in total. The summed E-state index contributed by atoms with van der Waals surface area (Å²) in [6, 6.07) is 4.31. The van der Waals surface area contributed by atoms with Crippen LogP contribution in [0, 0.1) is 26.1 Å². The SMILES string of the molecule is [2H]C([2H])([2H])c1nccn1CC1(C)CCc2c(c3cc(C)c(C)cc3n2CC)C1=O. The largest absolute Gasteiger partial charge is 0.344 e. The second-order valence-electron chi connectivity index (χ2n) is 7.79. The summed E-state index contributed by atoms with van der Waals surface area (Å²) in [5.74, 6) is 0.143. The molecule has 2 heterocycles. The lowest BCUT2D eigenvalue weighted by Crippen LogP contribution is -2.37. The van der Waals surface area contributed by atoms with Crippen LogP contribution in [-0.2, 0) is 19.5 Å². The first-order chi connectivity index (χ1) is 13.6. The zero-order valence-corrected chi connectivity index (χ0v) is 15.9. The van der Waals surface area contributed by atoms with E-state index in [1.54, 1.807) is 10.8 Å². The first kappa shape index (κ1) is 13.8.